The number of hydrogen-bond donors (Lipinski definition) is 1. The molecule has 1 fully saturated rings. The Bertz CT molecular complexity index is 519. The van der Waals surface area contributed by atoms with E-state index in [9.17, 15) is 4.79 Å². The maximum atomic E-state index is 12.1. The van der Waals surface area contributed by atoms with Gasteiger partial charge in [0.1, 0.15) is 0 Å². The summed E-state index contributed by atoms with van der Waals surface area (Å²) in [6, 6.07) is 4.17. The fraction of sp³-hybridized carbons (Fsp3) is 0.417. The number of carbonyl (C=O) groups excluding carboxylic acids is 1. The first-order valence-corrected chi connectivity index (χ1v) is 7.79. The Hall–Kier alpha value is -0.580. The molecule has 2 aromatic heterocycles. The number of fused-ring (bicyclic) bond motifs is 1. The highest BCUT2D eigenvalue weighted by Crippen LogP contribution is 2.30. The second-order valence-electron chi connectivity index (χ2n) is 4.29. The fourth-order valence-corrected chi connectivity index (χ4v) is 4.55. The van der Waals surface area contributed by atoms with Gasteiger partial charge in [-0.15, -0.1) is 34.3 Å². The van der Waals surface area contributed by atoms with Crippen LogP contribution in [0.4, 0.5) is 0 Å². The third-order valence-corrected chi connectivity index (χ3v) is 5.73. The van der Waals surface area contributed by atoms with Crippen molar-refractivity contribution in [3.05, 3.63) is 22.4 Å². The van der Waals surface area contributed by atoms with Gasteiger partial charge in [0.25, 0.3) is 5.91 Å². The minimum atomic E-state index is 0.0240. The van der Waals surface area contributed by atoms with Gasteiger partial charge >= 0.3 is 0 Å². The average Bonchev–Trinajstić information content (AvgIpc) is 2.93. The normalized spacial score (nSPS) is 24.3. The molecule has 3 rings (SSSR count). The van der Waals surface area contributed by atoms with Crippen LogP contribution in [0.1, 0.15) is 28.9 Å². The highest BCUT2D eigenvalue weighted by molar-refractivity contribution is 7.27. The van der Waals surface area contributed by atoms with Crippen LogP contribution >= 0.6 is 34.3 Å². The van der Waals surface area contributed by atoms with Crippen LogP contribution in [0.2, 0.25) is 0 Å². The lowest BCUT2D eigenvalue weighted by molar-refractivity contribution is 0.0942. The minimum Gasteiger partial charge on any atom is -0.347 e. The first-order valence-electron chi connectivity index (χ1n) is 5.66. The summed E-state index contributed by atoms with van der Waals surface area (Å²) >= 11 is 9.38. The van der Waals surface area contributed by atoms with Crippen molar-refractivity contribution in [1.29, 1.82) is 0 Å². The summed E-state index contributed by atoms with van der Waals surface area (Å²) in [6.07, 6.45) is 3.12. The summed E-state index contributed by atoms with van der Waals surface area (Å²) in [5.74, 6) is 0.0240. The second-order valence-corrected chi connectivity index (χ2v) is 6.88. The number of rotatable bonds is 2. The molecular weight excluding hydrogens is 274 g/mol. The van der Waals surface area contributed by atoms with Crippen molar-refractivity contribution in [3.8, 4) is 0 Å². The van der Waals surface area contributed by atoms with Crippen molar-refractivity contribution < 1.29 is 4.79 Å². The Morgan fingerprint density at radius 3 is 3.00 bits per heavy atom. The van der Waals surface area contributed by atoms with E-state index in [2.05, 4.69) is 16.8 Å². The van der Waals surface area contributed by atoms with Crippen LogP contribution in [0, 0.1) is 0 Å². The highest BCUT2D eigenvalue weighted by Gasteiger charge is 2.27. The van der Waals surface area contributed by atoms with Crippen molar-refractivity contribution in [2.75, 3.05) is 0 Å². The molecule has 0 aromatic carbocycles. The molecule has 1 aliphatic carbocycles. The van der Waals surface area contributed by atoms with Gasteiger partial charge in [-0.05, 0) is 36.8 Å². The van der Waals surface area contributed by atoms with Crippen molar-refractivity contribution in [2.24, 2.45) is 0 Å². The van der Waals surface area contributed by atoms with E-state index in [1.807, 2.05) is 6.07 Å². The molecule has 2 atom stereocenters. The zero-order chi connectivity index (χ0) is 11.8. The van der Waals surface area contributed by atoms with Crippen LogP contribution in [0.25, 0.3) is 9.40 Å². The van der Waals surface area contributed by atoms with Gasteiger partial charge in [-0.25, -0.2) is 0 Å². The molecule has 5 heteroatoms. The van der Waals surface area contributed by atoms with Gasteiger partial charge in [-0.2, -0.15) is 0 Å². The van der Waals surface area contributed by atoms with Crippen molar-refractivity contribution >= 4 is 49.6 Å². The molecule has 0 spiro atoms. The van der Waals surface area contributed by atoms with Crippen molar-refractivity contribution in [2.45, 2.75) is 30.7 Å². The highest BCUT2D eigenvalue weighted by atomic mass is 35.5. The van der Waals surface area contributed by atoms with Crippen LogP contribution in [0.5, 0.6) is 0 Å². The predicted octanol–water partition coefficient (Wildman–Crippen LogP) is 3.85. The molecule has 1 amide bonds. The molecule has 0 aliphatic heterocycles. The lowest BCUT2D eigenvalue weighted by atomic mass is 10.2. The molecule has 2 heterocycles. The van der Waals surface area contributed by atoms with Gasteiger partial charge in [0, 0.05) is 15.4 Å². The average molecular weight is 286 g/mol. The van der Waals surface area contributed by atoms with E-state index in [0.29, 0.717) is 0 Å². The van der Waals surface area contributed by atoms with Crippen LogP contribution in [-0.4, -0.2) is 17.3 Å². The lowest BCUT2D eigenvalue weighted by Gasteiger charge is -2.14. The second kappa shape index (κ2) is 4.59. The third-order valence-electron chi connectivity index (χ3n) is 3.11. The van der Waals surface area contributed by atoms with Crippen molar-refractivity contribution in [3.63, 3.8) is 0 Å². The molecular formula is C12H12ClNOS2. The van der Waals surface area contributed by atoms with Crippen LogP contribution in [0.3, 0.4) is 0 Å². The monoisotopic (exact) mass is 285 g/mol. The van der Waals surface area contributed by atoms with E-state index in [1.165, 1.54) is 9.40 Å². The third kappa shape index (κ3) is 2.21. The topological polar surface area (TPSA) is 29.1 Å². The standard InChI is InChI=1S/C12H12ClNOS2/c13-7-2-1-3-8(7)14-12(15)11-6-10-9(17-11)4-5-16-10/h4-8H,1-3H2,(H,14,15). The predicted molar refractivity (Wildman–Crippen MR) is 74.4 cm³/mol. The molecule has 90 valence electrons. The molecule has 0 saturated heterocycles. The molecule has 2 unspecified atom stereocenters. The summed E-state index contributed by atoms with van der Waals surface area (Å²) in [4.78, 5) is 12.9. The Morgan fingerprint density at radius 2 is 2.29 bits per heavy atom. The van der Waals surface area contributed by atoms with Gasteiger partial charge in [0.2, 0.25) is 0 Å². The van der Waals surface area contributed by atoms with Crippen LogP contribution in [-0.2, 0) is 0 Å². The number of amides is 1. The van der Waals surface area contributed by atoms with Gasteiger partial charge in [-0.3, -0.25) is 4.79 Å². The van der Waals surface area contributed by atoms with E-state index in [1.54, 1.807) is 22.7 Å². The number of thiophene rings is 2. The van der Waals surface area contributed by atoms with Gasteiger partial charge < -0.3 is 5.32 Å². The summed E-state index contributed by atoms with van der Waals surface area (Å²) < 4.78 is 2.38. The first-order chi connectivity index (χ1) is 8.24. The minimum absolute atomic E-state index is 0.0240. The zero-order valence-corrected chi connectivity index (χ0v) is 11.5. The summed E-state index contributed by atoms with van der Waals surface area (Å²) in [7, 11) is 0. The molecule has 17 heavy (non-hydrogen) atoms. The Balaban J connectivity index is 1.75. The van der Waals surface area contributed by atoms with Gasteiger partial charge in [0.15, 0.2) is 0 Å². The molecule has 1 aliphatic rings. The largest absolute Gasteiger partial charge is 0.347 e. The molecule has 2 aromatic rings. The maximum absolute atomic E-state index is 12.1. The summed E-state index contributed by atoms with van der Waals surface area (Å²) in [5.41, 5.74) is 0. The Kier molecular flexibility index (Phi) is 3.11. The molecule has 0 bridgehead atoms. The fourth-order valence-electron chi connectivity index (χ4n) is 2.19. The first kappa shape index (κ1) is 11.5. The van der Waals surface area contributed by atoms with Gasteiger partial charge in [0.05, 0.1) is 10.3 Å². The number of carbonyl (C=O) groups is 1. The SMILES string of the molecule is O=C(NC1CCCC1Cl)c1cc2sccc2s1. The summed E-state index contributed by atoms with van der Waals surface area (Å²) in [5, 5.41) is 5.19. The number of alkyl halides is 1. The zero-order valence-electron chi connectivity index (χ0n) is 9.11. The molecule has 2 nitrogen and oxygen atoms in total. The number of hydrogen-bond acceptors (Lipinski definition) is 3. The molecule has 1 N–H and O–H groups in total. The number of halogens is 1. The maximum Gasteiger partial charge on any atom is 0.261 e. The molecule has 0 radical (unpaired) electrons. The van der Waals surface area contributed by atoms with Gasteiger partial charge in [-0.1, -0.05) is 0 Å². The van der Waals surface area contributed by atoms with Crippen LogP contribution < -0.4 is 5.32 Å². The lowest BCUT2D eigenvalue weighted by Crippen LogP contribution is -2.37. The quantitative estimate of drug-likeness (QED) is 0.834. The van der Waals surface area contributed by atoms with E-state index in [4.69, 9.17) is 11.6 Å². The summed E-state index contributed by atoms with van der Waals surface area (Å²) in [6.45, 7) is 0. The smallest absolute Gasteiger partial charge is 0.261 e. The van der Waals surface area contributed by atoms with Crippen molar-refractivity contribution in [1.82, 2.24) is 5.32 Å². The van der Waals surface area contributed by atoms with E-state index in [0.717, 1.165) is 24.1 Å². The van der Waals surface area contributed by atoms with Crippen LogP contribution in [0.15, 0.2) is 17.5 Å². The Labute approximate surface area is 113 Å². The van der Waals surface area contributed by atoms with E-state index >= 15 is 0 Å². The number of nitrogens with one attached hydrogen (secondary N) is 1. The molecule has 1 saturated carbocycles. The Morgan fingerprint density at radius 1 is 1.41 bits per heavy atom. The van der Waals surface area contributed by atoms with E-state index in [-0.39, 0.29) is 17.3 Å². The van der Waals surface area contributed by atoms with E-state index < -0.39 is 0 Å².